The first kappa shape index (κ1) is 21.1. The number of nitrogens with zero attached hydrogens (tertiary/aromatic N) is 3. The summed E-state index contributed by atoms with van der Waals surface area (Å²) >= 11 is 0. The summed E-state index contributed by atoms with van der Waals surface area (Å²) in [4.78, 5) is 17.0. The van der Waals surface area contributed by atoms with Gasteiger partial charge in [-0.15, -0.1) is 0 Å². The van der Waals surface area contributed by atoms with Crippen LogP contribution in [0.3, 0.4) is 0 Å². The Hall–Kier alpha value is -2.61. The molecule has 0 radical (unpaired) electrons. The lowest BCUT2D eigenvalue weighted by molar-refractivity contribution is -0.132. The molecule has 1 heterocycles. The number of benzene rings is 2. The molecule has 1 saturated heterocycles. The molecule has 2 aromatic carbocycles. The highest BCUT2D eigenvalue weighted by atomic mass is 32.2. The Balaban J connectivity index is 1.75. The largest absolute Gasteiger partial charge is 0.368 e. The van der Waals surface area contributed by atoms with Crippen molar-refractivity contribution < 1.29 is 17.6 Å². The summed E-state index contributed by atoms with van der Waals surface area (Å²) in [6.07, 6.45) is 1.50. The minimum absolute atomic E-state index is 0.194. The average Bonchev–Trinajstić information content (AvgIpc) is 2.72. The van der Waals surface area contributed by atoms with Gasteiger partial charge in [0, 0.05) is 31.9 Å². The third-order valence-electron chi connectivity index (χ3n) is 5.11. The molecule has 2 aromatic rings. The van der Waals surface area contributed by atoms with Crippen molar-refractivity contribution in [3.05, 3.63) is 60.4 Å². The van der Waals surface area contributed by atoms with Gasteiger partial charge in [0.25, 0.3) is 0 Å². The number of piperazine rings is 1. The highest BCUT2D eigenvalue weighted by Gasteiger charge is 2.35. The second-order valence-corrected chi connectivity index (χ2v) is 8.97. The van der Waals surface area contributed by atoms with Crippen LogP contribution in [0.4, 0.5) is 15.8 Å². The molecule has 29 heavy (non-hydrogen) atoms. The molecule has 156 valence electrons. The molecule has 1 atom stereocenters. The molecule has 6 nitrogen and oxygen atoms in total. The molecular weight excluding hydrogens is 393 g/mol. The smallest absolute Gasteiger partial charge is 0.246 e. The normalized spacial score (nSPS) is 15.8. The lowest BCUT2D eigenvalue weighted by atomic mass is 10.1. The quantitative estimate of drug-likeness (QED) is 0.722. The van der Waals surface area contributed by atoms with Gasteiger partial charge in [-0.05, 0) is 42.8 Å². The highest BCUT2D eigenvalue weighted by molar-refractivity contribution is 7.92. The zero-order chi connectivity index (χ0) is 21.0. The number of rotatable bonds is 6. The predicted molar refractivity (Wildman–Crippen MR) is 113 cm³/mol. The molecule has 0 saturated carbocycles. The molecule has 0 spiro atoms. The summed E-state index contributed by atoms with van der Waals surface area (Å²) in [5, 5.41) is 0. The standard InChI is InChI=1S/C21H26FN3O3S/c1-3-20(25(29(2,27)28)19-7-5-4-6-8-19)21(26)24-15-13-23(14-16-24)18-11-9-17(22)10-12-18/h4-12,20H,3,13-16H2,1-2H3. The molecule has 1 unspecified atom stereocenters. The molecule has 8 heteroatoms. The van der Waals surface area contributed by atoms with Crippen LogP contribution < -0.4 is 9.21 Å². The van der Waals surface area contributed by atoms with Gasteiger partial charge in [0.15, 0.2) is 0 Å². The minimum Gasteiger partial charge on any atom is -0.368 e. The van der Waals surface area contributed by atoms with Gasteiger partial charge in [0.05, 0.1) is 11.9 Å². The number of hydrogen-bond acceptors (Lipinski definition) is 4. The number of carbonyl (C=O) groups is 1. The lowest BCUT2D eigenvalue weighted by Gasteiger charge is -2.39. The van der Waals surface area contributed by atoms with Crippen molar-refractivity contribution in [3.8, 4) is 0 Å². The van der Waals surface area contributed by atoms with E-state index in [4.69, 9.17) is 0 Å². The Bertz CT molecular complexity index is 927. The summed E-state index contributed by atoms with van der Waals surface area (Å²) < 4.78 is 39.4. The average molecular weight is 420 g/mol. The van der Waals surface area contributed by atoms with Crippen molar-refractivity contribution in [1.82, 2.24) is 4.90 Å². The van der Waals surface area contributed by atoms with Crippen molar-refractivity contribution in [2.75, 3.05) is 41.6 Å². The molecular formula is C21H26FN3O3S. The van der Waals surface area contributed by atoms with Crippen LogP contribution in [0.15, 0.2) is 54.6 Å². The van der Waals surface area contributed by atoms with Crippen LogP contribution in [0.2, 0.25) is 0 Å². The van der Waals surface area contributed by atoms with Gasteiger partial charge in [-0.1, -0.05) is 25.1 Å². The van der Waals surface area contributed by atoms with E-state index < -0.39 is 16.1 Å². The van der Waals surface area contributed by atoms with E-state index in [1.807, 2.05) is 6.92 Å². The van der Waals surface area contributed by atoms with Crippen molar-refractivity contribution in [1.29, 1.82) is 0 Å². The number of anilines is 2. The second-order valence-electron chi connectivity index (χ2n) is 7.11. The van der Waals surface area contributed by atoms with E-state index in [0.717, 1.165) is 11.9 Å². The first-order valence-corrected chi connectivity index (χ1v) is 11.5. The number of para-hydroxylation sites is 1. The Morgan fingerprint density at radius 1 is 1.03 bits per heavy atom. The number of carbonyl (C=O) groups excluding carboxylic acids is 1. The Morgan fingerprint density at radius 3 is 2.14 bits per heavy atom. The molecule has 1 amide bonds. The van der Waals surface area contributed by atoms with E-state index in [2.05, 4.69) is 4.90 Å². The van der Waals surface area contributed by atoms with Crippen LogP contribution in [-0.4, -0.2) is 57.7 Å². The first-order chi connectivity index (χ1) is 13.8. The second kappa shape index (κ2) is 8.82. The number of amides is 1. The van der Waals surface area contributed by atoms with Gasteiger partial charge >= 0.3 is 0 Å². The summed E-state index contributed by atoms with van der Waals surface area (Å²) in [6, 6.07) is 14.2. The molecule has 1 aliphatic rings. The van der Waals surface area contributed by atoms with Gasteiger partial charge in [0.1, 0.15) is 11.9 Å². The Morgan fingerprint density at radius 2 is 1.62 bits per heavy atom. The van der Waals surface area contributed by atoms with Crippen molar-refractivity contribution in [2.45, 2.75) is 19.4 Å². The predicted octanol–water partition coefficient (Wildman–Crippen LogP) is 2.72. The summed E-state index contributed by atoms with van der Waals surface area (Å²) in [7, 11) is -3.63. The van der Waals surface area contributed by atoms with E-state index in [-0.39, 0.29) is 11.7 Å². The number of halogens is 1. The van der Waals surface area contributed by atoms with Crippen LogP contribution in [0.1, 0.15) is 13.3 Å². The van der Waals surface area contributed by atoms with Gasteiger partial charge in [-0.25, -0.2) is 12.8 Å². The van der Waals surface area contributed by atoms with Crippen molar-refractivity contribution in [3.63, 3.8) is 0 Å². The van der Waals surface area contributed by atoms with Gasteiger partial charge in [-0.2, -0.15) is 0 Å². The zero-order valence-electron chi connectivity index (χ0n) is 16.7. The molecule has 0 aromatic heterocycles. The maximum absolute atomic E-state index is 13.2. The van der Waals surface area contributed by atoms with Crippen LogP contribution in [-0.2, 0) is 14.8 Å². The third-order valence-corrected chi connectivity index (χ3v) is 6.29. The van der Waals surface area contributed by atoms with E-state index >= 15 is 0 Å². The Kier molecular flexibility index (Phi) is 6.42. The fourth-order valence-electron chi connectivity index (χ4n) is 3.67. The van der Waals surface area contributed by atoms with Crippen LogP contribution in [0.5, 0.6) is 0 Å². The fraction of sp³-hybridized carbons (Fsp3) is 0.381. The van der Waals surface area contributed by atoms with Crippen LogP contribution in [0.25, 0.3) is 0 Å². The van der Waals surface area contributed by atoms with Crippen LogP contribution >= 0.6 is 0 Å². The topological polar surface area (TPSA) is 60.9 Å². The molecule has 0 N–H and O–H groups in total. The maximum Gasteiger partial charge on any atom is 0.246 e. The van der Waals surface area contributed by atoms with E-state index in [1.165, 1.54) is 16.4 Å². The summed E-state index contributed by atoms with van der Waals surface area (Å²) in [6.45, 7) is 4.01. The van der Waals surface area contributed by atoms with Crippen molar-refractivity contribution in [2.24, 2.45) is 0 Å². The van der Waals surface area contributed by atoms with Crippen molar-refractivity contribution >= 4 is 27.3 Å². The van der Waals surface area contributed by atoms with E-state index in [0.29, 0.717) is 38.3 Å². The fourth-order valence-corrected chi connectivity index (χ4v) is 4.87. The van der Waals surface area contributed by atoms with Gasteiger partial charge in [0.2, 0.25) is 15.9 Å². The number of hydrogen-bond donors (Lipinski definition) is 0. The number of sulfonamides is 1. The molecule has 1 aliphatic heterocycles. The van der Waals surface area contributed by atoms with Gasteiger partial charge in [-0.3, -0.25) is 9.10 Å². The SMILES string of the molecule is CCC(C(=O)N1CCN(c2ccc(F)cc2)CC1)N(c1ccccc1)S(C)(=O)=O. The molecule has 3 rings (SSSR count). The minimum atomic E-state index is -3.63. The third kappa shape index (κ3) is 4.87. The molecule has 0 aliphatic carbocycles. The maximum atomic E-state index is 13.2. The van der Waals surface area contributed by atoms with Crippen LogP contribution in [0, 0.1) is 5.82 Å². The van der Waals surface area contributed by atoms with E-state index in [1.54, 1.807) is 47.4 Å². The lowest BCUT2D eigenvalue weighted by Crippen LogP contribution is -2.56. The summed E-state index contributed by atoms with van der Waals surface area (Å²) in [5.41, 5.74) is 1.40. The zero-order valence-corrected chi connectivity index (χ0v) is 17.5. The summed E-state index contributed by atoms with van der Waals surface area (Å²) in [5.74, 6) is -0.476. The Labute approximate surface area is 171 Å². The van der Waals surface area contributed by atoms with E-state index in [9.17, 15) is 17.6 Å². The monoisotopic (exact) mass is 419 g/mol. The van der Waals surface area contributed by atoms with Gasteiger partial charge < -0.3 is 9.80 Å². The molecule has 0 bridgehead atoms. The first-order valence-electron chi connectivity index (χ1n) is 9.65. The molecule has 1 fully saturated rings. The highest BCUT2D eigenvalue weighted by Crippen LogP contribution is 2.24.